The maximum Gasteiger partial charge on any atom is 0.342 e. The molecule has 0 bridgehead atoms. The smallest absolute Gasteiger partial charge is 0.342 e. The molecule has 7 rings (SSSR count). The van der Waals surface area contributed by atoms with Crippen molar-refractivity contribution in [2.75, 3.05) is 52.9 Å². The summed E-state index contributed by atoms with van der Waals surface area (Å²) in [6.07, 6.45) is 22.9. The fraction of sp³-hybridized carbons (Fsp3) is 0.643. The highest BCUT2D eigenvalue weighted by molar-refractivity contribution is 5.98. The number of hydrogen-bond acceptors (Lipinski definition) is 10. The molecule has 0 radical (unpaired) electrons. The molecular weight excluding hydrogens is 833 g/mol. The van der Waals surface area contributed by atoms with E-state index in [1.54, 1.807) is 12.1 Å². The van der Waals surface area contributed by atoms with E-state index in [2.05, 4.69) is 62.4 Å². The Kier molecular flexibility index (Phi) is 20.2. The molecule has 2 aliphatic heterocycles. The minimum absolute atomic E-state index is 0.0495. The van der Waals surface area contributed by atoms with Crippen LogP contribution in [0.15, 0.2) is 60.7 Å². The Labute approximate surface area is 395 Å². The molecule has 0 aromatic heterocycles. The lowest BCUT2D eigenvalue weighted by Gasteiger charge is -2.28. The lowest BCUT2D eigenvalue weighted by molar-refractivity contribution is 0.0474. The van der Waals surface area contributed by atoms with Crippen molar-refractivity contribution in [1.29, 1.82) is 0 Å². The molecule has 3 aromatic rings. The summed E-state index contributed by atoms with van der Waals surface area (Å²) in [5, 5.41) is 0. The second-order valence-corrected chi connectivity index (χ2v) is 19.3. The fourth-order valence-electron chi connectivity index (χ4n) is 9.85. The molecule has 2 unspecified atom stereocenters. The summed E-state index contributed by atoms with van der Waals surface area (Å²) in [5.41, 5.74) is 3.28. The molecule has 10 heteroatoms. The molecule has 66 heavy (non-hydrogen) atoms. The topological polar surface area (TPSA) is 115 Å². The van der Waals surface area contributed by atoms with Crippen molar-refractivity contribution in [3.05, 3.63) is 82.9 Å². The SMILES string of the molecule is CCCC1CCC(c2ccc(OCCCCCCOC(=O)c3cc(OCC4CO4)c(C(=O)OCCCCCCOc4ccc(C5CCC(CCC)CC5)cc4)cc3OCC3CO3)cc2)CC1. The maximum absolute atomic E-state index is 13.5. The van der Waals surface area contributed by atoms with Gasteiger partial charge in [0, 0.05) is 0 Å². The number of carbonyl (C=O) groups is 2. The Hall–Kier alpha value is -4.28. The molecule has 2 heterocycles. The Morgan fingerprint density at radius 2 is 0.848 bits per heavy atom. The van der Waals surface area contributed by atoms with Crippen LogP contribution in [0.1, 0.15) is 186 Å². The van der Waals surface area contributed by atoms with Gasteiger partial charge >= 0.3 is 11.9 Å². The molecule has 3 aromatic carbocycles. The minimum Gasteiger partial charge on any atom is -0.494 e. The molecule has 10 nitrogen and oxygen atoms in total. The Morgan fingerprint density at radius 3 is 1.20 bits per heavy atom. The zero-order valence-corrected chi connectivity index (χ0v) is 40.1. The number of hydrogen-bond donors (Lipinski definition) is 0. The van der Waals surface area contributed by atoms with E-state index >= 15 is 0 Å². The Balaban J connectivity index is 0.798. The van der Waals surface area contributed by atoms with E-state index < -0.39 is 11.9 Å². The van der Waals surface area contributed by atoms with Crippen LogP contribution in [0.3, 0.4) is 0 Å². The van der Waals surface area contributed by atoms with Gasteiger partial charge in [-0.2, -0.15) is 0 Å². The summed E-state index contributed by atoms with van der Waals surface area (Å²) in [6, 6.07) is 20.5. The third-order valence-corrected chi connectivity index (χ3v) is 14.0. The predicted octanol–water partition coefficient (Wildman–Crippen LogP) is 13.0. The predicted molar refractivity (Wildman–Crippen MR) is 258 cm³/mol. The molecule has 362 valence electrons. The van der Waals surface area contributed by atoms with E-state index in [4.69, 9.17) is 37.9 Å². The summed E-state index contributed by atoms with van der Waals surface area (Å²) in [4.78, 5) is 27.0. The van der Waals surface area contributed by atoms with E-state index in [9.17, 15) is 9.59 Å². The number of rotatable bonds is 30. The van der Waals surface area contributed by atoms with Crippen LogP contribution < -0.4 is 18.9 Å². The molecular formula is C56H78O10. The van der Waals surface area contributed by atoms with Gasteiger partial charge in [0.25, 0.3) is 0 Å². The average Bonchev–Trinajstić information content (AvgIpc) is 4.30. The Bertz CT molecular complexity index is 1730. The van der Waals surface area contributed by atoms with E-state index in [0.29, 0.717) is 38.3 Å². The summed E-state index contributed by atoms with van der Waals surface area (Å²) in [7, 11) is 0. The van der Waals surface area contributed by atoms with Gasteiger partial charge in [-0.3, -0.25) is 0 Å². The van der Waals surface area contributed by atoms with Crippen LogP contribution in [-0.4, -0.2) is 77.0 Å². The van der Waals surface area contributed by atoms with Crippen LogP contribution in [0.2, 0.25) is 0 Å². The highest BCUT2D eigenvalue weighted by Crippen LogP contribution is 2.39. The van der Waals surface area contributed by atoms with Crippen molar-refractivity contribution in [3.8, 4) is 23.0 Å². The minimum atomic E-state index is -0.532. The second-order valence-electron chi connectivity index (χ2n) is 19.3. The van der Waals surface area contributed by atoms with Crippen LogP contribution in [0.5, 0.6) is 23.0 Å². The van der Waals surface area contributed by atoms with Gasteiger partial charge < -0.3 is 37.9 Å². The standard InChI is InChI=1S/C56H78O10/c1-3-13-41-15-19-43(20-16-41)45-23-27-47(28-24-45)59-31-9-5-7-11-33-61-55(57)51-35-54(66-40-50-38-64-50)52(36-53(51)65-39-49-37-63-49)56(58)62-34-12-8-6-10-32-60-48-29-25-46(26-30-48)44-21-17-42(14-4-2)18-22-44/h23-30,35-36,41-44,49-50H,3-22,31-34,37-40H2,1-2H3. The summed E-state index contributed by atoms with van der Waals surface area (Å²) in [6.45, 7) is 8.12. The first-order valence-corrected chi connectivity index (χ1v) is 25.9. The van der Waals surface area contributed by atoms with Crippen molar-refractivity contribution in [1.82, 2.24) is 0 Å². The lowest BCUT2D eigenvalue weighted by atomic mass is 9.77. The number of esters is 2. The molecule has 2 atom stereocenters. The number of unbranched alkanes of at least 4 members (excludes halogenated alkanes) is 6. The van der Waals surface area contributed by atoms with E-state index in [0.717, 1.165) is 74.7 Å². The number of carbonyl (C=O) groups excluding carboxylic acids is 2. The third kappa shape index (κ3) is 16.5. The largest absolute Gasteiger partial charge is 0.494 e. The van der Waals surface area contributed by atoms with Gasteiger partial charge in [-0.1, -0.05) is 63.8 Å². The van der Waals surface area contributed by atoms with Gasteiger partial charge in [0.05, 0.1) is 39.6 Å². The number of epoxide rings is 2. The molecule has 4 aliphatic rings. The quantitative estimate of drug-likeness (QED) is 0.0364. The van der Waals surface area contributed by atoms with Gasteiger partial charge in [0.15, 0.2) is 0 Å². The van der Waals surface area contributed by atoms with Crippen molar-refractivity contribution in [2.45, 2.75) is 166 Å². The second kappa shape index (κ2) is 26.9. The highest BCUT2D eigenvalue weighted by atomic mass is 16.6. The highest BCUT2D eigenvalue weighted by Gasteiger charge is 2.30. The molecule has 0 N–H and O–H groups in total. The van der Waals surface area contributed by atoms with Crippen molar-refractivity contribution in [2.24, 2.45) is 11.8 Å². The lowest BCUT2D eigenvalue weighted by Crippen LogP contribution is -2.16. The van der Waals surface area contributed by atoms with E-state index in [-0.39, 0.29) is 61.3 Å². The zero-order chi connectivity index (χ0) is 45.8. The molecule has 0 amide bonds. The molecule has 2 saturated carbocycles. The first-order chi connectivity index (χ1) is 32.4. The van der Waals surface area contributed by atoms with Gasteiger partial charge in [-0.25, -0.2) is 9.59 Å². The van der Waals surface area contributed by atoms with Crippen molar-refractivity contribution in [3.63, 3.8) is 0 Å². The molecule has 4 fully saturated rings. The van der Waals surface area contributed by atoms with E-state index in [1.807, 2.05) is 0 Å². The van der Waals surface area contributed by atoms with Gasteiger partial charge in [-0.15, -0.1) is 0 Å². The van der Waals surface area contributed by atoms with E-state index in [1.165, 1.54) is 88.2 Å². The average molecular weight is 911 g/mol. The van der Waals surface area contributed by atoms with Crippen molar-refractivity contribution >= 4 is 11.9 Å². The van der Waals surface area contributed by atoms with Crippen LogP contribution in [0.4, 0.5) is 0 Å². The third-order valence-electron chi connectivity index (χ3n) is 14.0. The first kappa shape index (κ1) is 49.6. The van der Waals surface area contributed by atoms with Gasteiger partial charge in [-0.05, 0) is 174 Å². The monoisotopic (exact) mass is 911 g/mol. The summed E-state index contributed by atoms with van der Waals surface area (Å²) < 4.78 is 46.4. The van der Waals surface area contributed by atoms with Crippen LogP contribution in [0.25, 0.3) is 0 Å². The van der Waals surface area contributed by atoms with Crippen molar-refractivity contribution < 1.29 is 47.5 Å². The van der Waals surface area contributed by atoms with Crippen LogP contribution in [-0.2, 0) is 18.9 Å². The van der Waals surface area contributed by atoms with Crippen LogP contribution >= 0.6 is 0 Å². The summed E-state index contributed by atoms with van der Waals surface area (Å²) in [5.74, 6) is 4.46. The first-order valence-electron chi connectivity index (χ1n) is 25.9. The van der Waals surface area contributed by atoms with Gasteiger partial charge in [0.1, 0.15) is 59.5 Å². The fourth-order valence-corrected chi connectivity index (χ4v) is 9.85. The molecule has 2 saturated heterocycles. The zero-order valence-electron chi connectivity index (χ0n) is 40.1. The van der Waals surface area contributed by atoms with Gasteiger partial charge in [0.2, 0.25) is 0 Å². The Morgan fingerprint density at radius 1 is 0.485 bits per heavy atom. The van der Waals surface area contributed by atoms with Crippen LogP contribution in [0, 0.1) is 11.8 Å². The number of benzene rings is 3. The number of ether oxygens (including phenoxy) is 8. The summed E-state index contributed by atoms with van der Waals surface area (Å²) >= 11 is 0. The molecule has 0 spiro atoms. The normalized spacial score (nSPS) is 22.3. The molecule has 2 aliphatic carbocycles. The maximum atomic E-state index is 13.5.